The van der Waals surface area contributed by atoms with Crippen molar-refractivity contribution >= 4 is 5.97 Å². The average Bonchev–Trinajstić information content (AvgIpc) is 2.09. The SMILES string of the molecule is COC(=O)C1(C)OCC(C)CO1. The molecule has 4 heteroatoms. The standard InChI is InChI=1S/C8H14O4/c1-6-4-11-8(2,12-5-6)7(9)10-3/h6H,4-5H2,1-3H3. The molecule has 1 saturated heterocycles. The van der Waals surface area contributed by atoms with Gasteiger partial charge in [-0.2, -0.15) is 0 Å². The number of hydrogen-bond acceptors (Lipinski definition) is 4. The lowest BCUT2D eigenvalue weighted by Gasteiger charge is -2.33. The van der Waals surface area contributed by atoms with Crippen LogP contribution in [0.25, 0.3) is 0 Å². The molecule has 1 aliphatic heterocycles. The normalized spacial score (nSPS) is 36.1. The van der Waals surface area contributed by atoms with Crippen LogP contribution in [0.4, 0.5) is 0 Å². The summed E-state index contributed by atoms with van der Waals surface area (Å²) in [5.41, 5.74) is 0. The zero-order chi connectivity index (χ0) is 9.19. The summed E-state index contributed by atoms with van der Waals surface area (Å²) in [6.07, 6.45) is 0. The Morgan fingerprint density at radius 2 is 2.00 bits per heavy atom. The molecule has 0 aromatic rings. The highest BCUT2D eigenvalue weighted by Gasteiger charge is 2.40. The van der Waals surface area contributed by atoms with E-state index >= 15 is 0 Å². The van der Waals surface area contributed by atoms with Gasteiger partial charge in [0.2, 0.25) is 0 Å². The van der Waals surface area contributed by atoms with Crippen LogP contribution >= 0.6 is 0 Å². The van der Waals surface area contributed by atoms with Crippen LogP contribution < -0.4 is 0 Å². The van der Waals surface area contributed by atoms with E-state index in [0.29, 0.717) is 19.1 Å². The molecule has 0 N–H and O–H groups in total. The van der Waals surface area contributed by atoms with Crippen molar-refractivity contribution in [3.63, 3.8) is 0 Å². The number of carbonyl (C=O) groups is 1. The second-order valence-corrected chi connectivity index (χ2v) is 3.16. The molecule has 0 atom stereocenters. The van der Waals surface area contributed by atoms with E-state index in [1.54, 1.807) is 6.92 Å². The Morgan fingerprint density at radius 1 is 1.50 bits per heavy atom. The Balaban J connectivity index is 2.55. The zero-order valence-corrected chi connectivity index (χ0v) is 7.62. The molecule has 1 heterocycles. The molecule has 0 spiro atoms. The molecule has 4 nitrogen and oxygen atoms in total. The predicted octanol–water partition coefficient (Wildman–Crippen LogP) is 0.558. The predicted molar refractivity (Wildman–Crippen MR) is 41.5 cm³/mol. The molecule has 0 aromatic carbocycles. The summed E-state index contributed by atoms with van der Waals surface area (Å²) in [5, 5.41) is 0. The van der Waals surface area contributed by atoms with Gasteiger partial charge in [-0.05, 0) is 0 Å². The van der Waals surface area contributed by atoms with Crippen LogP contribution in [0.15, 0.2) is 0 Å². The van der Waals surface area contributed by atoms with Crippen molar-refractivity contribution in [2.24, 2.45) is 5.92 Å². The Bertz CT molecular complexity index is 170. The van der Waals surface area contributed by atoms with Crippen LogP contribution in [-0.2, 0) is 19.0 Å². The van der Waals surface area contributed by atoms with E-state index in [-0.39, 0.29) is 0 Å². The van der Waals surface area contributed by atoms with Gasteiger partial charge in [0.1, 0.15) is 0 Å². The van der Waals surface area contributed by atoms with Crippen molar-refractivity contribution in [1.29, 1.82) is 0 Å². The van der Waals surface area contributed by atoms with Crippen molar-refractivity contribution in [2.75, 3.05) is 20.3 Å². The van der Waals surface area contributed by atoms with Crippen molar-refractivity contribution in [2.45, 2.75) is 19.6 Å². The summed E-state index contributed by atoms with van der Waals surface area (Å²) in [6.45, 7) is 4.64. The van der Waals surface area contributed by atoms with Crippen LogP contribution in [0.2, 0.25) is 0 Å². The van der Waals surface area contributed by atoms with Gasteiger partial charge in [-0.3, -0.25) is 0 Å². The molecular weight excluding hydrogens is 160 g/mol. The first-order valence-electron chi connectivity index (χ1n) is 3.95. The van der Waals surface area contributed by atoms with Crippen LogP contribution in [-0.4, -0.2) is 32.1 Å². The molecule has 0 aliphatic carbocycles. The highest BCUT2D eigenvalue weighted by Crippen LogP contribution is 2.21. The first kappa shape index (κ1) is 9.48. The number of hydrogen-bond donors (Lipinski definition) is 0. The fourth-order valence-electron chi connectivity index (χ4n) is 0.996. The number of carbonyl (C=O) groups excluding carboxylic acids is 1. The molecule has 0 saturated carbocycles. The number of esters is 1. The van der Waals surface area contributed by atoms with Gasteiger partial charge < -0.3 is 14.2 Å². The third-order valence-electron chi connectivity index (χ3n) is 1.84. The molecule has 0 bridgehead atoms. The van der Waals surface area contributed by atoms with E-state index in [1.165, 1.54) is 7.11 Å². The smallest absolute Gasteiger partial charge is 0.366 e. The van der Waals surface area contributed by atoms with Gasteiger partial charge in [-0.25, -0.2) is 4.79 Å². The lowest BCUT2D eigenvalue weighted by atomic mass is 10.2. The van der Waals surface area contributed by atoms with E-state index in [2.05, 4.69) is 4.74 Å². The van der Waals surface area contributed by atoms with E-state index in [1.807, 2.05) is 6.92 Å². The molecule has 0 amide bonds. The Kier molecular flexibility index (Phi) is 2.69. The molecule has 1 aliphatic rings. The quantitative estimate of drug-likeness (QED) is 0.545. The highest BCUT2D eigenvalue weighted by atomic mass is 16.7. The van der Waals surface area contributed by atoms with Gasteiger partial charge >= 0.3 is 5.97 Å². The number of methoxy groups -OCH3 is 1. The van der Waals surface area contributed by atoms with Gasteiger partial charge in [0, 0.05) is 12.8 Å². The summed E-state index contributed by atoms with van der Waals surface area (Å²) in [5.74, 6) is -1.33. The van der Waals surface area contributed by atoms with Crippen molar-refractivity contribution in [3.05, 3.63) is 0 Å². The third kappa shape index (κ3) is 1.76. The molecule has 1 rings (SSSR count). The third-order valence-corrected chi connectivity index (χ3v) is 1.84. The van der Waals surface area contributed by atoms with Crippen molar-refractivity contribution in [1.82, 2.24) is 0 Å². The van der Waals surface area contributed by atoms with Crippen LogP contribution in [0.3, 0.4) is 0 Å². The van der Waals surface area contributed by atoms with Gasteiger partial charge in [0.05, 0.1) is 20.3 Å². The number of ether oxygens (including phenoxy) is 3. The summed E-state index contributed by atoms with van der Waals surface area (Å²) in [6, 6.07) is 0. The minimum Gasteiger partial charge on any atom is -0.465 e. The Labute approximate surface area is 71.8 Å². The summed E-state index contributed by atoms with van der Waals surface area (Å²) < 4.78 is 15.0. The largest absolute Gasteiger partial charge is 0.465 e. The van der Waals surface area contributed by atoms with Crippen LogP contribution in [0, 0.1) is 5.92 Å². The van der Waals surface area contributed by atoms with E-state index in [0.717, 1.165) is 0 Å². The zero-order valence-electron chi connectivity index (χ0n) is 7.62. The molecule has 0 aromatic heterocycles. The highest BCUT2D eigenvalue weighted by molar-refractivity contribution is 5.77. The fourth-order valence-corrected chi connectivity index (χ4v) is 0.996. The lowest BCUT2D eigenvalue weighted by molar-refractivity contribution is -0.270. The van der Waals surface area contributed by atoms with Gasteiger partial charge in [0.25, 0.3) is 5.79 Å². The van der Waals surface area contributed by atoms with Gasteiger partial charge in [0.15, 0.2) is 0 Å². The van der Waals surface area contributed by atoms with Crippen LogP contribution in [0.5, 0.6) is 0 Å². The molecule has 0 radical (unpaired) electrons. The monoisotopic (exact) mass is 174 g/mol. The number of rotatable bonds is 1. The maximum absolute atomic E-state index is 11.1. The summed E-state index contributed by atoms with van der Waals surface area (Å²) in [4.78, 5) is 11.1. The first-order valence-corrected chi connectivity index (χ1v) is 3.95. The van der Waals surface area contributed by atoms with E-state index < -0.39 is 11.8 Å². The van der Waals surface area contributed by atoms with E-state index in [9.17, 15) is 4.79 Å². The summed E-state index contributed by atoms with van der Waals surface area (Å²) in [7, 11) is 1.32. The van der Waals surface area contributed by atoms with Gasteiger partial charge in [-0.1, -0.05) is 6.92 Å². The van der Waals surface area contributed by atoms with Crippen LogP contribution in [0.1, 0.15) is 13.8 Å². The molecular formula is C8H14O4. The first-order chi connectivity index (χ1) is 5.58. The fraction of sp³-hybridized carbons (Fsp3) is 0.875. The maximum atomic E-state index is 11.1. The maximum Gasteiger partial charge on any atom is 0.366 e. The van der Waals surface area contributed by atoms with Gasteiger partial charge in [-0.15, -0.1) is 0 Å². The summed E-state index contributed by atoms with van der Waals surface area (Å²) >= 11 is 0. The average molecular weight is 174 g/mol. The molecule has 0 unspecified atom stereocenters. The molecule has 70 valence electrons. The Morgan fingerprint density at radius 3 is 2.42 bits per heavy atom. The minimum absolute atomic E-state index is 0.336. The Hall–Kier alpha value is -0.610. The second kappa shape index (κ2) is 3.41. The molecule has 1 fully saturated rings. The lowest BCUT2D eigenvalue weighted by Crippen LogP contribution is -2.48. The minimum atomic E-state index is -1.19. The second-order valence-electron chi connectivity index (χ2n) is 3.16. The van der Waals surface area contributed by atoms with E-state index in [4.69, 9.17) is 9.47 Å². The van der Waals surface area contributed by atoms with Crippen molar-refractivity contribution < 1.29 is 19.0 Å². The van der Waals surface area contributed by atoms with Crippen molar-refractivity contribution in [3.8, 4) is 0 Å². The molecule has 12 heavy (non-hydrogen) atoms. The topological polar surface area (TPSA) is 44.8 Å².